The summed E-state index contributed by atoms with van der Waals surface area (Å²) in [6, 6.07) is 2.78. The minimum Gasteiger partial charge on any atom is -0.460 e. The van der Waals surface area contributed by atoms with Crippen molar-refractivity contribution in [2.75, 3.05) is 0 Å². The number of nitrogens with zero attached hydrogens (tertiary/aromatic N) is 1. The maximum absolute atomic E-state index is 10.9. The molecule has 0 spiro atoms. The highest BCUT2D eigenvalue weighted by molar-refractivity contribution is 6.36. The number of fused-ring (bicyclic) bond motifs is 1. The first-order chi connectivity index (χ1) is 8.56. The van der Waals surface area contributed by atoms with Gasteiger partial charge in [0.15, 0.2) is 0 Å². The highest BCUT2D eigenvalue weighted by atomic mass is 35.5. The molecule has 2 rings (SSSR count). The minimum atomic E-state index is -0.532. The fourth-order valence-electron chi connectivity index (χ4n) is 1.85. The number of benzene rings is 1. The summed E-state index contributed by atoms with van der Waals surface area (Å²) in [7, 11) is 0. The van der Waals surface area contributed by atoms with Gasteiger partial charge in [-0.25, -0.2) is 0 Å². The highest BCUT2D eigenvalue weighted by Gasteiger charge is 2.21. The van der Waals surface area contributed by atoms with E-state index < -0.39 is 11.0 Å². The van der Waals surface area contributed by atoms with E-state index >= 15 is 0 Å². The van der Waals surface area contributed by atoms with Crippen LogP contribution >= 0.6 is 11.6 Å². The van der Waals surface area contributed by atoms with E-state index in [0.717, 1.165) is 0 Å². The predicted octanol–water partition coefficient (Wildman–Crippen LogP) is 2.96. The van der Waals surface area contributed by atoms with Gasteiger partial charge < -0.3 is 9.72 Å². The number of hydrogen-bond donors (Lipinski definition) is 1. The number of carbonyl (C=O) groups excluding carboxylic acids is 1. The Labute approximate surface area is 107 Å². The van der Waals surface area contributed by atoms with Gasteiger partial charge in [-0.1, -0.05) is 11.6 Å². The van der Waals surface area contributed by atoms with E-state index in [-0.39, 0.29) is 5.69 Å². The Morgan fingerprint density at radius 1 is 1.56 bits per heavy atom. The molecule has 94 valence electrons. The van der Waals surface area contributed by atoms with E-state index in [2.05, 4.69) is 4.98 Å². The lowest BCUT2D eigenvalue weighted by Gasteiger charge is -2.08. The monoisotopic (exact) mass is 268 g/mol. The van der Waals surface area contributed by atoms with Gasteiger partial charge in [0.05, 0.1) is 9.95 Å². The zero-order chi connectivity index (χ0) is 13.3. The van der Waals surface area contributed by atoms with Gasteiger partial charge in [-0.3, -0.25) is 14.9 Å². The molecule has 1 atom stereocenters. The first kappa shape index (κ1) is 12.4. The third kappa shape index (κ3) is 1.91. The summed E-state index contributed by atoms with van der Waals surface area (Å²) in [6.07, 6.45) is 1.02. The van der Waals surface area contributed by atoms with Crippen molar-refractivity contribution < 1.29 is 14.5 Å². The Morgan fingerprint density at radius 2 is 2.28 bits per heavy atom. The number of ether oxygens (including phenoxy) is 1. The number of H-pyrrole nitrogens is 1. The van der Waals surface area contributed by atoms with Crippen molar-refractivity contribution in [2.45, 2.75) is 13.0 Å². The number of carbonyl (C=O) groups is 1. The molecular formula is C11H9ClN2O4. The van der Waals surface area contributed by atoms with Crippen molar-refractivity contribution in [3.63, 3.8) is 0 Å². The van der Waals surface area contributed by atoms with Gasteiger partial charge in [0.2, 0.25) is 0 Å². The van der Waals surface area contributed by atoms with E-state index in [0.29, 0.717) is 28.0 Å². The van der Waals surface area contributed by atoms with Gasteiger partial charge in [0.1, 0.15) is 11.6 Å². The van der Waals surface area contributed by atoms with Crippen LogP contribution in [0.15, 0.2) is 18.3 Å². The number of aromatic nitrogens is 1. The van der Waals surface area contributed by atoms with Crippen molar-refractivity contribution in [1.82, 2.24) is 4.98 Å². The van der Waals surface area contributed by atoms with Gasteiger partial charge in [-0.05, 0) is 13.0 Å². The lowest BCUT2D eigenvalue weighted by molar-refractivity contribution is -0.383. The van der Waals surface area contributed by atoms with Crippen LogP contribution in [0.25, 0.3) is 10.9 Å². The van der Waals surface area contributed by atoms with Crippen LogP contribution < -0.4 is 0 Å². The number of non-ortho nitro benzene ring substituents is 1. The lowest BCUT2D eigenvalue weighted by Crippen LogP contribution is -1.97. The summed E-state index contributed by atoms with van der Waals surface area (Å²) in [4.78, 5) is 23.5. The second kappa shape index (κ2) is 4.66. The Bertz CT molecular complexity index is 623. The van der Waals surface area contributed by atoms with E-state index in [1.165, 1.54) is 12.1 Å². The van der Waals surface area contributed by atoms with Gasteiger partial charge >= 0.3 is 0 Å². The molecule has 0 aliphatic heterocycles. The quantitative estimate of drug-likeness (QED) is 0.525. The van der Waals surface area contributed by atoms with Crippen molar-refractivity contribution in [3.05, 3.63) is 39.0 Å². The first-order valence-electron chi connectivity index (χ1n) is 5.09. The normalized spacial score (nSPS) is 12.3. The number of nitro benzene ring substituents is 1. The molecular weight excluding hydrogens is 260 g/mol. The molecule has 0 saturated carbocycles. The third-order valence-electron chi connectivity index (χ3n) is 2.69. The smallest absolute Gasteiger partial charge is 0.293 e. The van der Waals surface area contributed by atoms with Crippen LogP contribution in [0.2, 0.25) is 5.02 Å². The molecule has 1 N–H and O–H groups in total. The lowest BCUT2D eigenvalue weighted by atomic mass is 10.1. The number of aromatic amines is 1. The van der Waals surface area contributed by atoms with Crippen LogP contribution in [-0.2, 0) is 9.53 Å². The number of rotatable bonds is 4. The van der Waals surface area contributed by atoms with Crippen LogP contribution in [0, 0.1) is 10.1 Å². The maximum Gasteiger partial charge on any atom is 0.293 e. The zero-order valence-electron chi connectivity index (χ0n) is 9.34. The summed E-state index contributed by atoms with van der Waals surface area (Å²) in [6.45, 7) is 1.99. The largest absolute Gasteiger partial charge is 0.460 e. The summed E-state index contributed by atoms with van der Waals surface area (Å²) in [5.41, 5.74) is 0.855. The molecule has 0 bridgehead atoms. The first-order valence-corrected chi connectivity index (χ1v) is 5.47. The molecule has 0 radical (unpaired) electrons. The summed E-state index contributed by atoms with van der Waals surface area (Å²) in [5.74, 6) is 0. The van der Waals surface area contributed by atoms with E-state index in [1.54, 1.807) is 13.1 Å². The molecule has 1 aromatic heterocycles. The predicted molar refractivity (Wildman–Crippen MR) is 65.5 cm³/mol. The Hall–Kier alpha value is -2.08. The Balaban J connectivity index is 2.68. The molecule has 0 amide bonds. The fraction of sp³-hybridized carbons (Fsp3) is 0.182. The number of nitrogens with one attached hydrogen (secondary N) is 1. The second-order valence-corrected chi connectivity index (χ2v) is 4.10. The molecule has 7 heteroatoms. The van der Waals surface area contributed by atoms with Crippen LogP contribution in [0.4, 0.5) is 5.69 Å². The second-order valence-electron chi connectivity index (χ2n) is 3.69. The van der Waals surface area contributed by atoms with Gasteiger partial charge in [-0.15, -0.1) is 0 Å². The molecule has 0 aliphatic rings. The van der Waals surface area contributed by atoms with Crippen molar-refractivity contribution in [3.8, 4) is 0 Å². The molecule has 1 aromatic carbocycles. The maximum atomic E-state index is 10.9. The van der Waals surface area contributed by atoms with Gasteiger partial charge in [-0.2, -0.15) is 0 Å². The van der Waals surface area contributed by atoms with Gasteiger partial charge in [0.25, 0.3) is 12.2 Å². The van der Waals surface area contributed by atoms with E-state index in [9.17, 15) is 14.9 Å². The van der Waals surface area contributed by atoms with E-state index in [4.69, 9.17) is 16.3 Å². The SMILES string of the molecule is CC(OC=O)c1c[nH]c2c([N+](=O)[O-])ccc(Cl)c12. The van der Waals surface area contributed by atoms with Gasteiger partial charge in [0, 0.05) is 23.2 Å². The number of nitro groups is 1. The van der Waals surface area contributed by atoms with Crippen LogP contribution in [-0.4, -0.2) is 16.4 Å². The molecule has 0 saturated heterocycles. The zero-order valence-corrected chi connectivity index (χ0v) is 10.1. The highest BCUT2D eigenvalue weighted by Crippen LogP contribution is 2.36. The molecule has 6 nitrogen and oxygen atoms in total. The Morgan fingerprint density at radius 3 is 2.89 bits per heavy atom. The molecule has 1 heterocycles. The topological polar surface area (TPSA) is 85.2 Å². The minimum absolute atomic E-state index is 0.0704. The average molecular weight is 269 g/mol. The standard InChI is InChI=1S/C11H9ClN2O4/c1-6(18-5-15)7-4-13-11-9(14(16)17)3-2-8(12)10(7)11/h2-6,13H,1H3. The molecule has 2 aromatic rings. The van der Waals surface area contributed by atoms with Crippen LogP contribution in [0.3, 0.4) is 0 Å². The third-order valence-corrected chi connectivity index (χ3v) is 3.00. The summed E-state index contributed by atoms with van der Waals surface area (Å²) < 4.78 is 4.82. The Kier molecular flexibility index (Phi) is 3.20. The number of hydrogen-bond acceptors (Lipinski definition) is 4. The fourth-order valence-corrected chi connectivity index (χ4v) is 2.11. The van der Waals surface area contributed by atoms with Crippen molar-refractivity contribution in [2.24, 2.45) is 0 Å². The van der Waals surface area contributed by atoms with Crippen molar-refractivity contribution in [1.29, 1.82) is 0 Å². The molecule has 18 heavy (non-hydrogen) atoms. The average Bonchev–Trinajstić information content (AvgIpc) is 2.74. The van der Waals surface area contributed by atoms with Crippen molar-refractivity contribution >= 4 is 34.7 Å². The van der Waals surface area contributed by atoms with Crippen LogP contribution in [0.5, 0.6) is 0 Å². The number of halogens is 1. The molecule has 0 fully saturated rings. The summed E-state index contributed by atoms with van der Waals surface area (Å²) >= 11 is 6.04. The van der Waals surface area contributed by atoms with E-state index in [1.807, 2.05) is 0 Å². The molecule has 1 unspecified atom stereocenters. The summed E-state index contributed by atoms with van der Waals surface area (Å²) in [5, 5.41) is 11.8. The molecule has 0 aliphatic carbocycles. The van der Waals surface area contributed by atoms with Crippen LogP contribution in [0.1, 0.15) is 18.6 Å².